The first-order valence-corrected chi connectivity index (χ1v) is 5.99. The molecule has 2 N–H and O–H groups in total. The van der Waals surface area contributed by atoms with Crippen LogP contribution in [0.2, 0.25) is 10.0 Å². The molecule has 0 aliphatic heterocycles. The predicted octanol–water partition coefficient (Wildman–Crippen LogP) is 4.45. The minimum absolute atomic E-state index is 0.0512. The van der Waals surface area contributed by atoms with Crippen LogP contribution in [0.25, 0.3) is 0 Å². The van der Waals surface area contributed by atoms with Crippen LogP contribution in [-0.4, -0.2) is 5.11 Å². The number of rotatable bonds is 3. The van der Waals surface area contributed by atoms with Crippen molar-refractivity contribution < 1.29 is 9.50 Å². The second-order valence-electron chi connectivity index (χ2n) is 3.73. The number of phenols is 1. The smallest absolute Gasteiger partial charge is 0.164 e. The van der Waals surface area contributed by atoms with Crippen LogP contribution in [0.15, 0.2) is 36.4 Å². The van der Waals surface area contributed by atoms with Gasteiger partial charge in [0.2, 0.25) is 0 Å². The average Bonchev–Trinajstić information content (AvgIpc) is 2.35. The Morgan fingerprint density at radius 3 is 2.72 bits per heavy atom. The van der Waals surface area contributed by atoms with Gasteiger partial charge in [-0.1, -0.05) is 29.3 Å². The quantitative estimate of drug-likeness (QED) is 0.873. The topological polar surface area (TPSA) is 32.3 Å². The molecule has 0 radical (unpaired) electrons. The van der Waals surface area contributed by atoms with Crippen molar-refractivity contribution in [3.05, 3.63) is 57.8 Å². The third kappa shape index (κ3) is 2.86. The van der Waals surface area contributed by atoms with Crippen molar-refractivity contribution in [1.82, 2.24) is 0 Å². The number of anilines is 1. The fourth-order valence-corrected chi connectivity index (χ4v) is 1.90. The van der Waals surface area contributed by atoms with Crippen molar-refractivity contribution in [3.63, 3.8) is 0 Å². The van der Waals surface area contributed by atoms with Crippen molar-refractivity contribution in [3.8, 4) is 5.75 Å². The molecule has 18 heavy (non-hydrogen) atoms. The molecule has 0 amide bonds. The van der Waals surface area contributed by atoms with Gasteiger partial charge in [-0.25, -0.2) is 4.39 Å². The zero-order chi connectivity index (χ0) is 13.1. The van der Waals surface area contributed by atoms with Crippen molar-refractivity contribution in [2.45, 2.75) is 6.54 Å². The van der Waals surface area contributed by atoms with Gasteiger partial charge in [-0.05, 0) is 30.3 Å². The lowest BCUT2D eigenvalue weighted by atomic mass is 10.2. The van der Waals surface area contributed by atoms with Crippen LogP contribution in [0.3, 0.4) is 0 Å². The fraction of sp³-hybridized carbons (Fsp3) is 0.0769. The molecule has 0 saturated heterocycles. The van der Waals surface area contributed by atoms with Gasteiger partial charge in [-0.15, -0.1) is 0 Å². The van der Waals surface area contributed by atoms with E-state index in [0.29, 0.717) is 10.6 Å². The maximum Gasteiger partial charge on any atom is 0.164 e. The summed E-state index contributed by atoms with van der Waals surface area (Å²) in [7, 11) is 0. The first-order chi connectivity index (χ1) is 8.58. The van der Waals surface area contributed by atoms with Gasteiger partial charge in [-0.3, -0.25) is 0 Å². The van der Waals surface area contributed by atoms with Gasteiger partial charge >= 0.3 is 0 Å². The Balaban J connectivity index is 2.16. The van der Waals surface area contributed by atoms with Crippen LogP contribution in [0.4, 0.5) is 10.1 Å². The van der Waals surface area contributed by atoms with E-state index in [4.69, 9.17) is 23.2 Å². The van der Waals surface area contributed by atoms with Crippen LogP contribution in [0.1, 0.15) is 5.56 Å². The number of halogens is 3. The molecular formula is C13H10Cl2FNO. The molecular weight excluding hydrogens is 276 g/mol. The molecule has 0 saturated carbocycles. The summed E-state index contributed by atoms with van der Waals surface area (Å²) in [5.41, 5.74) is 0.865. The second kappa shape index (κ2) is 5.46. The lowest BCUT2D eigenvalue weighted by Gasteiger charge is -2.10. The Labute approximate surface area is 114 Å². The highest BCUT2D eigenvalue weighted by molar-refractivity contribution is 6.31. The molecule has 0 aromatic heterocycles. The number of hydrogen-bond donors (Lipinski definition) is 2. The summed E-state index contributed by atoms with van der Waals surface area (Å²) in [6.07, 6.45) is 0. The van der Waals surface area contributed by atoms with E-state index >= 15 is 0 Å². The molecule has 0 fully saturated rings. The SMILES string of the molecule is Oc1ccc(Cl)cc1CNc1cccc(Cl)c1F. The number of aromatic hydroxyl groups is 1. The monoisotopic (exact) mass is 285 g/mol. The number of nitrogens with one attached hydrogen (secondary N) is 1. The second-order valence-corrected chi connectivity index (χ2v) is 4.57. The van der Waals surface area contributed by atoms with Gasteiger partial charge in [-0.2, -0.15) is 0 Å². The van der Waals surface area contributed by atoms with Gasteiger partial charge in [0.05, 0.1) is 10.7 Å². The van der Waals surface area contributed by atoms with Gasteiger partial charge in [0, 0.05) is 17.1 Å². The third-order valence-corrected chi connectivity index (χ3v) is 2.99. The molecule has 0 heterocycles. The molecule has 0 spiro atoms. The summed E-state index contributed by atoms with van der Waals surface area (Å²) >= 11 is 11.5. The van der Waals surface area contributed by atoms with Crippen LogP contribution < -0.4 is 5.32 Å². The van der Waals surface area contributed by atoms with E-state index in [2.05, 4.69) is 5.32 Å². The molecule has 2 nitrogen and oxygen atoms in total. The Bertz CT molecular complexity index is 573. The molecule has 0 atom stereocenters. The van der Waals surface area contributed by atoms with E-state index in [9.17, 15) is 9.50 Å². The van der Waals surface area contributed by atoms with E-state index in [-0.39, 0.29) is 23.0 Å². The fourth-order valence-electron chi connectivity index (χ4n) is 1.53. The van der Waals surface area contributed by atoms with E-state index in [1.165, 1.54) is 12.1 Å². The minimum atomic E-state index is -0.513. The zero-order valence-electron chi connectivity index (χ0n) is 9.25. The first-order valence-electron chi connectivity index (χ1n) is 5.23. The van der Waals surface area contributed by atoms with E-state index < -0.39 is 5.82 Å². The Morgan fingerprint density at radius 2 is 1.94 bits per heavy atom. The Hall–Kier alpha value is -1.45. The predicted molar refractivity (Wildman–Crippen MR) is 71.9 cm³/mol. The van der Waals surface area contributed by atoms with E-state index in [0.717, 1.165) is 0 Å². The summed E-state index contributed by atoms with van der Waals surface area (Å²) in [5, 5.41) is 13.0. The Morgan fingerprint density at radius 1 is 1.17 bits per heavy atom. The van der Waals surface area contributed by atoms with Crippen molar-refractivity contribution in [1.29, 1.82) is 0 Å². The van der Waals surface area contributed by atoms with Gasteiger partial charge in [0.25, 0.3) is 0 Å². The van der Waals surface area contributed by atoms with Crippen molar-refractivity contribution >= 4 is 28.9 Å². The lowest BCUT2D eigenvalue weighted by molar-refractivity contribution is 0.469. The highest BCUT2D eigenvalue weighted by atomic mass is 35.5. The van der Waals surface area contributed by atoms with Crippen LogP contribution in [0, 0.1) is 5.82 Å². The lowest BCUT2D eigenvalue weighted by Crippen LogP contribution is -2.02. The molecule has 0 bridgehead atoms. The van der Waals surface area contributed by atoms with Gasteiger partial charge < -0.3 is 10.4 Å². The average molecular weight is 286 g/mol. The molecule has 0 aliphatic carbocycles. The standard InChI is InChI=1S/C13H10Cl2FNO/c14-9-4-5-12(18)8(6-9)7-17-11-3-1-2-10(15)13(11)16/h1-6,17-18H,7H2. The highest BCUT2D eigenvalue weighted by Gasteiger charge is 2.07. The largest absolute Gasteiger partial charge is 0.508 e. The Kier molecular flexibility index (Phi) is 3.94. The van der Waals surface area contributed by atoms with Crippen LogP contribution in [0.5, 0.6) is 5.75 Å². The molecule has 5 heteroatoms. The van der Waals surface area contributed by atoms with Crippen molar-refractivity contribution in [2.75, 3.05) is 5.32 Å². The summed E-state index contributed by atoms with van der Waals surface area (Å²) in [6.45, 7) is 0.254. The minimum Gasteiger partial charge on any atom is -0.508 e. The van der Waals surface area contributed by atoms with Gasteiger partial charge in [0.15, 0.2) is 5.82 Å². The molecule has 2 aromatic carbocycles. The summed E-state index contributed by atoms with van der Waals surface area (Å²) in [6, 6.07) is 9.38. The number of phenolic OH excluding ortho intramolecular Hbond substituents is 1. The maximum atomic E-state index is 13.6. The summed E-state index contributed by atoms with van der Waals surface area (Å²) < 4.78 is 13.6. The molecule has 0 aliphatic rings. The molecule has 2 rings (SSSR count). The summed E-state index contributed by atoms with van der Waals surface area (Å²) in [5.74, 6) is -0.407. The van der Waals surface area contributed by atoms with E-state index in [1.54, 1.807) is 24.3 Å². The van der Waals surface area contributed by atoms with Gasteiger partial charge in [0.1, 0.15) is 5.75 Å². The molecule has 94 valence electrons. The van der Waals surface area contributed by atoms with Crippen LogP contribution >= 0.6 is 23.2 Å². The molecule has 2 aromatic rings. The zero-order valence-corrected chi connectivity index (χ0v) is 10.8. The maximum absolute atomic E-state index is 13.6. The number of benzene rings is 2. The molecule has 0 unspecified atom stereocenters. The highest BCUT2D eigenvalue weighted by Crippen LogP contribution is 2.25. The normalized spacial score (nSPS) is 10.4. The third-order valence-electron chi connectivity index (χ3n) is 2.46. The van der Waals surface area contributed by atoms with E-state index in [1.807, 2.05) is 0 Å². The first kappa shape index (κ1) is 13.0. The van der Waals surface area contributed by atoms with Crippen LogP contribution in [-0.2, 0) is 6.54 Å². The summed E-state index contributed by atoms with van der Waals surface area (Å²) in [4.78, 5) is 0. The van der Waals surface area contributed by atoms with Crippen molar-refractivity contribution in [2.24, 2.45) is 0 Å². The number of hydrogen-bond acceptors (Lipinski definition) is 2.